The average Bonchev–Trinajstić information content (AvgIpc) is 3.40. The molecule has 1 aliphatic heterocycles. The van der Waals surface area contributed by atoms with E-state index in [9.17, 15) is 14.4 Å². The molecule has 3 aromatic rings. The van der Waals surface area contributed by atoms with Gasteiger partial charge in [-0.2, -0.15) is 0 Å². The Labute approximate surface area is 222 Å². The molecule has 2 heterocycles. The van der Waals surface area contributed by atoms with Crippen molar-refractivity contribution in [3.63, 3.8) is 0 Å². The van der Waals surface area contributed by atoms with Gasteiger partial charge in [0, 0.05) is 31.2 Å². The van der Waals surface area contributed by atoms with E-state index in [-0.39, 0.29) is 29.7 Å². The summed E-state index contributed by atoms with van der Waals surface area (Å²) in [4.78, 5) is 44.2. The lowest BCUT2D eigenvalue weighted by Crippen LogP contribution is -2.45. The van der Waals surface area contributed by atoms with Crippen molar-refractivity contribution in [1.82, 2.24) is 19.8 Å². The molecule has 1 fully saturated rings. The van der Waals surface area contributed by atoms with Gasteiger partial charge >= 0.3 is 5.97 Å². The molecule has 8 nitrogen and oxygen atoms in total. The van der Waals surface area contributed by atoms with Gasteiger partial charge < -0.3 is 19.5 Å². The molecule has 5 rings (SSSR count). The van der Waals surface area contributed by atoms with Crippen molar-refractivity contribution in [1.29, 1.82) is 0 Å². The summed E-state index contributed by atoms with van der Waals surface area (Å²) < 4.78 is 7.19. The van der Waals surface area contributed by atoms with E-state index in [0.29, 0.717) is 38.0 Å². The van der Waals surface area contributed by atoms with Gasteiger partial charge in [-0.25, -0.2) is 4.98 Å². The first-order valence-electron chi connectivity index (χ1n) is 13.4. The molecule has 0 saturated carbocycles. The molecule has 2 aliphatic rings. The molecule has 1 N–H and O–H groups in total. The predicted octanol–water partition coefficient (Wildman–Crippen LogP) is 4.37. The Kier molecular flexibility index (Phi) is 7.58. The molecule has 198 valence electrons. The summed E-state index contributed by atoms with van der Waals surface area (Å²) in [6, 6.07) is 14.1. The van der Waals surface area contributed by atoms with Gasteiger partial charge in [-0.05, 0) is 68.0 Å². The first-order chi connectivity index (χ1) is 18.5. The topological polar surface area (TPSA) is 93.5 Å². The van der Waals surface area contributed by atoms with E-state index in [1.165, 1.54) is 7.11 Å². The third-order valence-electron chi connectivity index (χ3n) is 7.82. The molecule has 0 radical (unpaired) electrons. The number of carbonyl (C=O) groups is 3. The quantitative estimate of drug-likeness (QED) is 0.389. The molecule has 8 heteroatoms. The number of nitrogens with one attached hydrogen (secondary N) is 1. The molecule has 1 saturated heterocycles. The van der Waals surface area contributed by atoms with E-state index >= 15 is 0 Å². The van der Waals surface area contributed by atoms with Crippen LogP contribution in [0.1, 0.15) is 49.0 Å². The second kappa shape index (κ2) is 11.2. The van der Waals surface area contributed by atoms with Crippen LogP contribution in [-0.4, -0.2) is 59.0 Å². The number of esters is 1. The van der Waals surface area contributed by atoms with Gasteiger partial charge in [0.15, 0.2) is 0 Å². The van der Waals surface area contributed by atoms with Crippen LogP contribution in [0.4, 0.5) is 0 Å². The number of carbonyl (C=O) groups excluding carboxylic acids is 3. The van der Waals surface area contributed by atoms with E-state index in [0.717, 1.165) is 35.0 Å². The zero-order valence-electron chi connectivity index (χ0n) is 21.9. The predicted molar refractivity (Wildman–Crippen MR) is 145 cm³/mol. The highest BCUT2D eigenvalue weighted by molar-refractivity contribution is 5.94. The van der Waals surface area contributed by atoms with Gasteiger partial charge in [0.1, 0.15) is 0 Å². The maximum absolute atomic E-state index is 13.3. The van der Waals surface area contributed by atoms with Crippen LogP contribution in [0.15, 0.2) is 60.9 Å². The maximum Gasteiger partial charge on any atom is 0.309 e. The standard InChI is InChI=1S/C30H34N4O4/c1-3-31-28(35)21-10-8-20(9-11-21)22-12-13-26-27(18-22)34(19-32-26)23-14-16-33(17-15-23)29(36)24-6-4-5-7-25(24)30(37)38-2/h4-5,8-13,18-19,23-25H,3,6-7,14-17H2,1-2H3,(H,31,35). The van der Waals surface area contributed by atoms with Crippen molar-refractivity contribution in [2.75, 3.05) is 26.7 Å². The van der Waals surface area contributed by atoms with Crippen molar-refractivity contribution in [3.8, 4) is 11.1 Å². The van der Waals surface area contributed by atoms with E-state index < -0.39 is 5.92 Å². The molecular formula is C30H34N4O4. The summed E-state index contributed by atoms with van der Waals surface area (Å²) in [6.45, 7) is 3.80. The molecule has 2 amide bonds. The fourth-order valence-corrected chi connectivity index (χ4v) is 5.67. The summed E-state index contributed by atoms with van der Waals surface area (Å²) in [7, 11) is 1.38. The van der Waals surface area contributed by atoms with Gasteiger partial charge in [-0.1, -0.05) is 30.4 Å². The molecule has 1 aromatic heterocycles. The SMILES string of the molecule is CCNC(=O)c1ccc(-c2ccc3ncn(C4CCN(C(=O)C5CC=CCC5C(=O)OC)CC4)c3c2)cc1. The van der Waals surface area contributed by atoms with Gasteiger partial charge in [0.25, 0.3) is 5.91 Å². The number of hydrogen-bond donors (Lipinski definition) is 1. The number of piperidine rings is 1. The molecule has 2 aromatic carbocycles. The van der Waals surface area contributed by atoms with Crippen LogP contribution in [0, 0.1) is 11.8 Å². The highest BCUT2D eigenvalue weighted by atomic mass is 16.5. The minimum absolute atomic E-state index is 0.0528. The normalized spacial score (nSPS) is 19.9. The Hall–Kier alpha value is -3.94. The van der Waals surface area contributed by atoms with Crippen LogP contribution >= 0.6 is 0 Å². The number of amides is 2. The fraction of sp³-hybridized carbons (Fsp3) is 0.400. The van der Waals surface area contributed by atoms with Crippen molar-refractivity contribution >= 4 is 28.8 Å². The molecule has 1 aliphatic carbocycles. The number of methoxy groups -OCH3 is 1. The number of imidazole rings is 1. The highest BCUT2D eigenvalue weighted by Gasteiger charge is 2.38. The third-order valence-corrected chi connectivity index (χ3v) is 7.82. The zero-order chi connectivity index (χ0) is 26.6. The Morgan fingerprint density at radius 3 is 2.34 bits per heavy atom. The smallest absolute Gasteiger partial charge is 0.309 e. The van der Waals surface area contributed by atoms with Crippen molar-refractivity contribution in [2.24, 2.45) is 11.8 Å². The summed E-state index contributed by atoms with van der Waals surface area (Å²) in [6.07, 6.45) is 8.65. The number of allylic oxidation sites excluding steroid dienone is 2. The van der Waals surface area contributed by atoms with Gasteiger partial charge in [-0.15, -0.1) is 0 Å². The van der Waals surface area contributed by atoms with Crippen LogP contribution in [0.2, 0.25) is 0 Å². The average molecular weight is 515 g/mol. The number of rotatable bonds is 6. The second-order valence-electron chi connectivity index (χ2n) is 10.0. The fourth-order valence-electron chi connectivity index (χ4n) is 5.67. The van der Waals surface area contributed by atoms with Crippen molar-refractivity contribution in [3.05, 3.63) is 66.5 Å². The first-order valence-corrected chi connectivity index (χ1v) is 13.4. The summed E-state index contributed by atoms with van der Waals surface area (Å²) >= 11 is 0. The number of benzene rings is 2. The van der Waals surface area contributed by atoms with Crippen LogP contribution in [0.3, 0.4) is 0 Å². The molecule has 2 unspecified atom stereocenters. The molecular weight excluding hydrogens is 480 g/mol. The van der Waals surface area contributed by atoms with Crippen molar-refractivity contribution < 1.29 is 19.1 Å². The molecule has 2 atom stereocenters. The Morgan fingerprint density at radius 1 is 0.974 bits per heavy atom. The minimum atomic E-state index is -0.402. The lowest BCUT2D eigenvalue weighted by molar-refractivity contribution is -0.153. The highest BCUT2D eigenvalue weighted by Crippen LogP contribution is 2.33. The van der Waals surface area contributed by atoms with Crippen LogP contribution in [0.5, 0.6) is 0 Å². The summed E-state index contributed by atoms with van der Waals surface area (Å²) in [5, 5.41) is 2.83. The Balaban J connectivity index is 1.29. The summed E-state index contributed by atoms with van der Waals surface area (Å²) in [5.74, 6) is -1.07. The number of aromatic nitrogens is 2. The number of nitrogens with zero attached hydrogens (tertiary/aromatic N) is 3. The lowest BCUT2D eigenvalue weighted by Gasteiger charge is -2.36. The van der Waals surface area contributed by atoms with Gasteiger partial charge in [-0.3, -0.25) is 14.4 Å². The van der Waals surface area contributed by atoms with Crippen LogP contribution in [-0.2, 0) is 14.3 Å². The largest absolute Gasteiger partial charge is 0.469 e. The second-order valence-corrected chi connectivity index (χ2v) is 10.0. The molecule has 0 spiro atoms. The maximum atomic E-state index is 13.3. The van der Waals surface area contributed by atoms with E-state index in [1.807, 2.05) is 60.6 Å². The monoisotopic (exact) mass is 514 g/mol. The van der Waals surface area contributed by atoms with E-state index in [2.05, 4.69) is 27.0 Å². The first kappa shape index (κ1) is 25.7. The third kappa shape index (κ3) is 5.08. The molecule has 0 bridgehead atoms. The van der Waals surface area contributed by atoms with E-state index in [1.54, 1.807) is 0 Å². The Morgan fingerprint density at radius 2 is 1.66 bits per heavy atom. The number of ether oxygens (including phenoxy) is 1. The molecule has 38 heavy (non-hydrogen) atoms. The number of fused-ring (bicyclic) bond motifs is 1. The van der Waals surface area contributed by atoms with Gasteiger partial charge in [0.2, 0.25) is 5.91 Å². The van der Waals surface area contributed by atoms with Crippen molar-refractivity contribution in [2.45, 2.75) is 38.6 Å². The minimum Gasteiger partial charge on any atom is -0.469 e. The Bertz CT molecular complexity index is 1350. The zero-order valence-corrected chi connectivity index (χ0v) is 21.9. The van der Waals surface area contributed by atoms with Gasteiger partial charge in [0.05, 0.1) is 36.3 Å². The lowest BCUT2D eigenvalue weighted by atomic mass is 9.81. The number of likely N-dealkylation sites (tertiary alicyclic amines) is 1. The van der Waals surface area contributed by atoms with Crippen LogP contribution in [0.25, 0.3) is 22.2 Å². The number of hydrogen-bond acceptors (Lipinski definition) is 5. The van der Waals surface area contributed by atoms with Crippen LogP contribution < -0.4 is 5.32 Å². The van der Waals surface area contributed by atoms with E-state index in [4.69, 9.17) is 4.74 Å². The summed E-state index contributed by atoms with van der Waals surface area (Å²) in [5.41, 5.74) is 4.73.